The first-order valence-electron chi connectivity index (χ1n) is 9.53. The van der Waals surface area contributed by atoms with Gasteiger partial charge in [0, 0.05) is 23.7 Å². The minimum Gasteiger partial charge on any atom is -0.325 e. The van der Waals surface area contributed by atoms with E-state index in [1.165, 1.54) is 11.3 Å². The van der Waals surface area contributed by atoms with Crippen molar-refractivity contribution in [3.63, 3.8) is 0 Å². The fraction of sp³-hybridized carbons (Fsp3) is 0.524. The van der Waals surface area contributed by atoms with Crippen LogP contribution >= 0.6 is 11.3 Å². The second kappa shape index (κ2) is 8.28. The van der Waals surface area contributed by atoms with Gasteiger partial charge in [-0.2, -0.15) is 5.26 Å². The first-order valence-corrected chi connectivity index (χ1v) is 10.4. The Hall–Kier alpha value is -2.10. The van der Waals surface area contributed by atoms with Crippen molar-refractivity contribution >= 4 is 23.1 Å². The molecule has 144 valence electrons. The van der Waals surface area contributed by atoms with Crippen molar-refractivity contribution < 1.29 is 4.79 Å². The van der Waals surface area contributed by atoms with E-state index in [1.54, 1.807) is 11.3 Å². The van der Waals surface area contributed by atoms with Crippen molar-refractivity contribution in [1.29, 1.82) is 5.26 Å². The van der Waals surface area contributed by atoms with E-state index >= 15 is 0 Å². The minimum absolute atomic E-state index is 0.0438. The van der Waals surface area contributed by atoms with E-state index in [4.69, 9.17) is 0 Å². The van der Waals surface area contributed by atoms with Crippen molar-refractivity contribution in [2.24, 2.45) is 11.8 Å². The third kappa shape index (κ3) is 4.42. The number of aromatic nitrogens is 1. The van der Waals surface area contributed by atoms with E-state index < -0.39 is 0 Å². The van der Waals surface area contributed by atoms with Crippen LogP contribution in [0, 0.1) is 37.0 Å². The zero-order chi connectivity index (χ0) is 19.6. The number of carbonyl (C=O) groups is 1. The Balaban J connectivity index is 1.79. The summed E-state index contributed by atoms with van der Waals surface area (Å²) in [5.41, 5.74) is 2.53. The Morgan fingerprint density at radius 3 is 2.63 bits per heavy atom. The molecule has 0 radical (unpaired) electrons. The molecule has 2 aromatic rings. The van der Waals surface area contributed by atoms with Crippen LogP contribution in [0.5, 0.6) is 0 Å². The summed E-state index contributed by atoms with van der Waals surface area (Å²) < 4.78 is 2.05. The molecule has 1 amide bonds. The molecule has 0 unspecified atom stereocenters. The van der Waals surface area contributed by atoms with Crippen LogP contribution in [0.2, 0.25) is 0 Å². The number of nitriles is 1. The van der Waals surface area contributed by atoms with Crippen molar-refractivity contribution in [2.75, 3.05) is 25.0 Å². The topological polar surface area (TPSA) is 61.1 Å². The number of nitrogens with one attached hydrogen (secondary N) is 1. The summed E-state index contributed by atoms with van der Waals surface area (Å²) in [5.74, 6) is 1.81. The molecule has 5 nitrogen and oxygen atoms in total. The maximum Gasteiger partial charge on any atom is 0.239 e. The van der Waals surface area contributed by atoms with E-state index in [-0.39, 0.29) is 5.91 Å². The number of nitrogens with zero attached hydrogens (tertiary/aromatic N) is 3. The Morgan fingerprint density at radius 1 is 1.33 bits per heavy atom. The molecule has 1 aliphatic heterocycles. The van der Waals surface area contributed by atoms with Gasteiger partial charge in [0.2, 0.25) is 5.91 Å². The predicted octanol–water partition coefficient (Wildman–Crippen LogP) is 4.00. The van der Waals surface area contributed by atoms with Gasteiger partial charge in [-0.3, -0.25) is 9.69 Å². The van der Waals surface area contributed by atoms with Gasteiger partial charge in [-0.05, 0) is 49.1 Å². The van der Waals surface area contributed by atoms with E-state index in [0.717, 1.165) is 24.3 Å². The van der Waals surface area contributed by atoms with E-state index in [2.05, 4.69) is 40.8 Å². The highest BCUT2D eigenvalue weighted by Gasteiger charge is 2.25. The molecule has 3 heterocycles. The monoisotopic (exact) mass is 384 g/mol. The number of hydrogen-bond donors (Lipinski definition) is 1. The van der Waals surface area contributed by atoms with Crippen molar-refractivity contribution in [1.82, 2.24) is 9.47 Å². The Bertz CT molecular complexity index is 837. The SMILES string of the molecule is Cc1c(C#N)c(NC(=O)CN2C[C@H](C)C[C@@H](C)C2)n(Cc2cccs2)c1C. The predicted molar refractivity (Wildman–Crippen MR) is 110 cm³/mol. The summed E-state index contributed by atoms with van der Waals surface area (Å²) >= 11 is 1.68. The third-order valence-corrected chi connectivity index (χ3v) is 6.27. The van der Waals surface area contributed by atoms with Crippen LogP contribution in [0.1, 0.15) is 42.0 Å². The van der Waals surface area contributed by atoms with Gasteiger partial charge in [0.25, 0.3) is 0 Å². The highest BCUT2D eigenvalue weighted by molar-refractivity contribution is 7.09. The molecular formula is C21H28N4OS. The molecule has 1 aliphatic rings. The summed E-state index contributed by atoms with van der Waals surface area (Å²) in [5, 5.41) is 14.7. The number of thiophene rings is 1. The molecule has 0 bridgehead atoms. The van der Waals surface area contributed by atoms with Crippen LogP contribution in [0.15, 0.2) is 17.5 Å². The van der Waals surface area contributed by atoms with E-state index in [9.17, 15) is 10.1 Å². The molecular weight excluding hydrogens is 356 g/mol. The number of rotatable bonds is 5. The number of carbonyl (C=O) groups excluding carboxylic acids is 1. The molecule has 0 aliphatic carbocycles. The molecule has 6 heteroatoms. The van der Waals surface area contributed by atoms with Crippen LogP contribution in [0.4, 0.5) is 5.82 Å². The average molecular weight is 385 g/mol. The number of likely N-dealkylation sites (tertiary alicyclic amines) is 1. The van der Waals surface area contributed by atoms with E-state index in [1.807, 2.05) is 25.3 Å². The Kier molecular flexibility index (Phi) is 6.03. The first kappa shape index (κ1) is 19.7. The summed E-state index contributed by atoms with van der Waals surface area (Å²) in [7, 11) is 0. The molecule has 27 heavy (non-hydrogen) atoms. The molecule has 3 rings (SSSR count). The number of hydrogen-bond acceptors (Lipinski definition) is 4. The third-order valence-electron chi connectivity index (χ3n) is 5.40. The summed E-state index contributed by atoms with van der Waals surface area (Å²) in [6.45, 7) is 11.4. The van der Waals surface area contributed by atoms with Gasteiger partial charge in [-0.25, -0.2) is 0 Å². The highest BCUT2D eigenvalue weighted by atomic mass is 32.1. The largest absolute Gasteiger partial charge is 0.325 e. The summed E-state index contributed by atoms with van der Waals surface area (Å²) in [4.78, 5) is 16.2. The number of anilines is 1. The van der Waals surface area contributed by atoms with E-state index in [0.29, 0.717) is 36.3 Å². The van der Waals surface area contributed by atoms with Gasteiger partial charge in [-0.1, -0.05) is 19.9 Å². The van der Waals surface area contributed by atoms with Crippen molar-refractivity contribution in [3.05, 3.63) is 39.2 Å². The van der Waals surface area contributed by atoms with Crippen molar-refractivity contribution in [3.8, 4) is 6.07 Å². The van der Waals surface area contributed by atoms with Crippen LogP contribution in [0.3, 0.4) is 0 Å². The average Bonchev–Trinajstić information content (AvgIpc) is 3.17. The molecule has 2 aromatic heterocycles. The lowest BCUT2D eigenvalue weighted by Gasteiger charge is -2.34. The summed E-state index contributed by atoms with van der Waals surface area (Å²) in [6.07, 6.45) is 1.22. The maximum atomic E-state index is 12.8. The van der Waals surface area contributed by atoms with Crippen LogP contribution < -0.4 is 5.32 Å². The van der Waals surface area contributed by atoms with Crippen molar-refractivity contribution in [2.45, 2.75) is 40.7 Å². The van der Waals surface area contributed by atoms with Crippen LogP contribution in [0.25, 0.3) is 0 Å². The molecule has 2 atom stereocenters. The van der Waals surface area contributed by atoms with Gasteiger partial charge >= 0.3 is 0 Å². The zero-order valence-corrected chi connectivity index (χ0v) is 17.4. The van der Waals surface area contributed by atoms with Gasteiger partial charge < -0.3 is 9.88 Å². The normalized spacial score (nSPS) is 20.4. The second-order valence-electron chi connectivity index (χ2n) is 7.90. The molecule has 0 saturated carbocycles. The molecule has 1 N–H and O–H groups in total. The van der Waals surface area contributed by atoms with Gasteiger partial charge in [0.15, 0.2) is 0 Å². The molecule has 1 saturated heterocycles. The lowest BCUT2D eigenvalue weighted by molar-refractivity contribution is -0.117. The fourth-order valence-corrected chi connectivity index (χ4v) is 4.87. The van der Waals surface area contributed by atoms with Crippen LogP contribution in [-0.4, -0.2) is 35.0 Å². The summed E-state index contributed by atoms with van der Waals surface area (Å²) in [6, 6.07) is 6.38. The smallest absolute Gasteiger partial charge is 0.239 e. The quantitative estimate of drug-likeness (QED) is 0.847. The zero-order valence-electron chi connectivity index (χ0n) is 16.6. The number of amides is 1. The first-order chi connectivity index (χ1) is 12.9. The highest BCUT2D eigenvalue weighted by Crippen LogP contribution is 2.28. The standard InChI is InChI=1S/C21H28N4OS/c1-14-8-15(2)11-24(10-14)13-20(26)23-21-19(9-22)16(3)17(4)25(21)12-18-6-5-7-27-18/h5-7,14-15H,8,10-13H2,1-4H3,(H,23,26)/t14-,15-/m1/s1. The van der Waals surface area contributed by atoms with Crippen LogP contribution in [-0.2, 0) is 11.3 Å². The molecule has 0 spiro atoms. The maximum absolute atomic E-state index is 12.8. The van der Waals surface area contributed by atoms with Gasteiger partial charge in [0.1, 0.15) is 11.9 Å². The lowest BCUT2D eigenvalue weighted by atomic mass is 9.92. The molecule has 1 fully saturated rings. The number of piperidine rings is 1. The molecule has 0 aromatic carbocycles. The van der Waals surface area contributed by atoms with Gasteiger partial charge in [-0.15, -0.1) is 11.3 Å². The Morgan fingerprint density at radius 2 is 2.04 bits per heavy atom. The second-order valence-corrected chi connectivity index (χ2v) is 8.93. The minimum atomic E-state index is -0.0438. The Labute approximate surface area is 165 Å². The van der Waals surface area contributed by atoms with Gasteiger partial charge in [0.05, 0.1) is 18.7 Å². The lowest BCUT2D eigenvalue weighted by Crippen LogP contribution is -2.43. The fourth-order valence-electron chi connectivity index (χ4n) is 4.18.